The number of nitrogens with zero attached hydrogens (tertiary/aromatic N) is 2. The maximum absolute atomic E-state index is 10.1. The lowest BCUT2D eigenvalue weighted by Crippen LogP contribution is -2.91. The number of nitrogens with two attached hydrogens (primary N) is 1. The lowest BCUT2D eigenvalue weighted by molar-refractivity contribution is -0.693. The van der Waals surface area contributed by atoms with Gasteiger partial charge in [0.2, 0.25) is 0 Å². The molecule has 1 aliphatic heterocycles. The van der Waals surface area contributed by atoms with Crippen LogP contribution in [0.2, 0.25) is 0 Å². The fourth-order valence-corrected chi connectivity index (χ4v) is 4.11. The summed E-state index contributed by atoms with van der Waals surface area (Å²) < 4.78 is 11.7. The predicted octanol–water partition coefficient (Wildman–Crippen LogP) is 0.290. The summed E-state index contributed by atoms with van der Waals surface area (Å²) in [5.41, 5.74) is 5.80. The molecule has 0 aromatic heterocycles. The summed E-state index contributed by atoms with van der Waals surface area (Å²) in [6.07, 6.45) is 0. The van der Waals surface area contributed by atoms with Gasteiger partial charge < -0.3 is 9.47 Å². The Morgan fingerprint density at radius 1 is 1.12 bits per heavy atom. The summed E-state index contributed by atoms with van der Waals surface area (Å²) in [7, 11) is 0. The second-order valence-electron chi connectivity index (χ2n) is 6.20. The third-order valence-corrected chi connectivity index (χ3v) is 5.11. The van der Waals surface area contributed by atoms with Gasteiger partial charge in [0, 0.05) is 5.92 Å². The molecule has 0 amide bonds. The normalized spacial score (nSPS) is 32.4. The molecule has 1 heterocycles. The number of rotatable bonds is 5. The highest BCUT2D eigenvalue weighted by Crippen LogP contribution is 2.78. The number of ether oxygens (including phenoxy) is 2. The van der Waals surface area contributed by atoms with Crippen LogP contribution in [0.4, 0.5) is 0 Å². The minimum Gasteiger partial charge on any atom is -0.314 e. The van der Waals surface area contributed by atoms with Crippen LogP contribution in [-0.2, 0) is 9.47 Å². The molecule has 0 radical (unpaired) electrons. The van der Waals surface area contributed by atoms with Crippen molar-refractivity contribution in [3.63, 3.8) is 0 Å². The van der Waals surface area contributed by atoms with Gasteiger partial charge in [-0.1, -0.05) is 29.8 Å². The van der Waals surface area contributed by atoms with Crippen molar-refractivity contribution in [3.05, 3.63) is 35.4 Å². The van der Waals surface area contributed by atoms with E-state index in [1.807, 2.05) is 45.0 Å². The number of benzene rings is 1. The van der Waals surface area contributed by atoms with E-state index in [4.69, 9.17) is 15.2 Å². The van der Waals surface area contributed by atoms with E-state index in [2.05, 4.69) is 17.1 Å². The Hall–Kier alpha value is -2.41. The van der Waals surface area contributed by atoms with Crippen molar-refractivity contribution in [1.29, 1.82) is 10.5 Å². The summed E-state index contributed by atoms with van der Waals surface area (Å²) in [6.45, 7) is 6.28. The molecule has 24 heavy (non-hydrogen) atoms. The van der Waals surface area contributed by atoms with E-state index in [1.54, 1.807) is 0 Å². The number of hydrogen-bond acceptors (Lipinski definition) is 5. The van der Waals surface area contributed by atoms with Crippen molar-refractivity contribution in [2.45, 2.75) is 32.6 Å². The third-order valence-electron chi connectivity index (χ3n) is 5.11. The molecule has 0 bridgehead atoms. The van der Waals surface area contributed by atoms with Crippen LogP contribution in [0.15, 0.2) is 24.3 Å². The van der Waals surface area contributed by atoms with E-state index in [1.165, 1.54) is 0 Å². The largest absolute Gasteiger partial charge is 0.343 e. The minimum atomic E-state index is -1.42. The Morgan fingerprint density at radius 2 is 1.71 bits per heavy atom. The van der Waals surface area contributed by atoms with Crippen LogP contribution >= 0.6 is 0 Å². The number of hydrogen-bond donors (Lipinski definition) is 2. The lowest BCUT2D eigenvalue weighted by Gasteiger charge is -2.29. The van der Waals surface area contributed by atoms with Gasteiger partial charge in [-0.15, -0.1) is 0 Å². The van der Waals surface area contributed by atoms with Crippen molar-refractivity contribution in [2.75, 3.05) is 13.2 Å². The first kappa shape index (κ1) is 16.4. The van der Waals surface area contributed by atoms with Crippen molar-refractivity contribution in [3.8, 4) is 12.1 Å². The van der Waals surface area contributed by atoms with Crippen LogP contribution in [-0.4, -0.2) is 25.0 Å². The van der Waals surface area contributed by atoms with Crippen LogP contribution in [0, 0.1) is 40.4 Å². The molecular weight excluding hydrogens is 304 g/mol. The first-order chi connectivity index (χ1) is 11.5. The minimum absolute atomic E-state index is 0.235. The molecule has 1 fully saturated rings. The summed E-state index contributed by atoms with van der Waals surface area (Å²) >= 11 is 0. The SMILES string of the molecule is CCOC1(OCC)[NH+]=C(N)[C@@]2(C#N)[C@@H](c3ccc(C)cc3)[C@@]12C#N. The van der Waals surface area contributed by atoms with E-state index < -0.39 is 22.7 Å². The highest BCUT2D eigenvalue weighted by molar-refractivity contribution is 5.95. The number of aryl methyl sites for hydroxylation is 1. The molecule has 2 aliphatic rings. The molecule has 0 saturated heterocycles. The van der Waals surface area contributed by atoms with E-state index >= 15 is 0 Å². The first-order valence-corrected chi connectivity index (χ1v) is 8.07. The average molecular weight is 325 g/mol. The molecule has 1 saturated carbocycles. The Bertz CT molecular complexity index is 768. The summed E-state index contributed by atoms with van der Waals surface area (Å²) in [5.74, 6) is -1.58. The molecule has 1 aromatic rings. The lowest BCUT2D eigenvalue weighted by atomic mass is 9.93. The summed E-state index contributed by atoms with van der Waals surface area (Å²) in [4.78, 5) is 2.97. The van der Waals surface area contributed by atoms with Gasteiger partial charge in [0.25, 0.3) is 5.84 Å². The molecule has 1 aromatic carbocycles. The van der Waals surface area contributed by atoms with E-state index in [-0.39, 0.29) is 5.84 Å². The van der Waals surface area contributed by atoms with E-state index in [0.717, 1.165) is 11.1 Å². The molecule has 1 aliphatic carbocycles. The highest BCUT2D eigenvalue weighted by Gasteiger charge is 2.97. The van der Waals surface area contributed by atoms with Crippen molar-refractivity contribution < 1.29 is 14.5 Å². The summed E-state index contributed by atoms with van der Waals surface area (Å²) in [5, 5.41) is 20.0. The van der Waals surface area contributed by atoms with Crippen LogP contribution in [0.5, 0.6) is 0 Å². The van der Waals surface area contributed by atoms with E-state index in [0.29, 0.717) is 13.2 Å². The summed E-state index contributed by atoms with van der Waals surface area (Å²) in [6, 6.07) is 12.4. The quantitative estimate of drug-likeness (QED) is 0.757. The monoisotopic (exact) mass is 325 g/mol. The van der Waals surface area contributed by atoms with Crippen molar-refractivity contribution >= 4 is 5.84 Å². The molecule has 3 atom stereocenters. The zero-order valence-electron chi connectivity index (χ0n) is 14.1. The van der Waals surface area contributed by atoms with Gasteiger partial charge in [-0.2, -0.15) is 10.5 Å². The predicted molar refractivity (Wildman–Crippen MR) is 86.2 cm³/mol. The van der Waals surface area contributed by atoms with E-state index in [9.17, 15) is 10.5 Å². The van der Waals surface area contributed by atoms with Crippen molar-refractivity contribution in [2.24, 2.45) is 16.6 Å². The molecule has 3 N–H and O–H groups in total. The second kappa shape index (κ2) is 5.31. The number of fused-ring (bicyclic) bond motifs is 1. The van der Waals surface area contributed by atoms with Gasteiger partial charge >= 0.3 is 5.91 Å². The Morgan fingerprint density at radius 3 is 2.17 bits per heavy atom. The number of nitriles is 2. The molecule has 0 spiro atoms. The fraction of sp³-hybridized carbons (Fsp3) is 0.500. The Labute approximate surface area is 141 Å². The van der Waals surface area contributed by atoms with Gasteiger partial charge in [-0.05, 0) is 26.3 Å². The van der Waals surface area contributed by atoms with Gasteiger partial charge in [0.1, 0.15) is 0 Å². The molecule has 3 rings (SSSR count). The number of amidine groups is 1. The van der Waals surface area contributed by atoms with Crippen LogP contribution in [0.1, 0.15) is 30.9 Å². The molecule has 124 valence electrons. The van der Waals surface area contributed by atoms with Crippen LogP contribution < -0.4 is 10.7 Å². The average Bonchev–Trinajstić information content (AvgIpc) is 3.15. The maximum atomic E-state index is 10.1. The highest BCUT2D eigenvalue weighted by atomic mass is 16.7. The number of nitrogens with one attached hydrogen (secondary N) is 1. The topological polar surface area (TPSA) is 106 Å². The van der Waals surface area contributed by atoms with Crippen LogP contribution in [0.25, 0.3) is 0 Å². The van der Waals surface area contributed by atoms with Gasteiger partial charge in [0.15, 0.2) is 10.8 Å². The zero-order chi connectivity index (χ0) is 17.6. The molecule has 6 heteroatoms. The molecule has 0 unspecified atom stereocenters. The van der Waals surface area contributed by atoms with Gasteiger partial charge in [-0.25, -0.2) is 4.99 Å². The zero-order valence-corrected chi connectivity index (χ0v) is 14.1. The third kappa shape index (κ3) is 1.62. The molecule has 6 nitrogen and oxygen atoms in total. The standard InChI is InChI=1S/C18H20N4O2/c1-4-23-18(24-5-2)17(11-20)14(13-8-6-12(3)7-9-13)16(17,10-19)15(21)22-18/h6-9,14H,4-5H2,1-3H3,(H2,21,22)/p+1/t14-,16-,17-/m1/s1. The van der Waals surface area contributed by atoms with Gasteiger partial charge in [0.05, 0.1) is 25.4 Å². The Balaban J connectivity index is 2.21. The van der Waals surface area contributed by atoms with Crippen molar-refractivity contribution in [1.82, 2.24) is 0 Å². The molecular formula is C18H21N4O2+. The Kier molecular flexibility index (Phi) is 3.64. The van der Waals surface area contributed by atoms with Gasteiger partial charge in [-0.3, -0.25) is 5.73 Å². The smallest absolute Gasteiger partial charge is 0.314 e. The first-order valence-electron chi connectivity index (χ1n) is 8.07. The second-order valence-corrected chi connectivity index (χ2v) is 6.20. The fourth-order valence-electron chi connectivity index (χ4n) is 4.11. The van der Waals surface area contributed by atoms with Crippen LogP contribution in [0.3, 0.4) is 0 Å². The maximum Gasteiger partial charge on any atom is 0.343 e.